The molecule has 1 fully saturated rings. The predicted octanol–water partition coefficient (Wildman–Crippen LogP) is 1.35. The Morgan fingerprint density at radius 2 is 1.67 bits per heavy atom. The van der Waals surface area contributed by atoms with E-state index in [0.29, 0.717) is 26.0 Å². The number of hydrogen-bond acceptors (Lipinski definition) is 5. The molecule has 1 aliphatic rings. The Balaban J connectivity index is 2.63. The number of likely N-dealkylation sites (tertiary alicyclic amines) is 1. The normalized spacial score (nSPS) is 19.9. The molecule has 0 aromatic carbocycles. The maximum atomic E-state index is 5.77. The van der Waals surface area contributed by atoms with E-state index in [-0.39, 0.29) is 0 Å². The van der Waals surface area contributed by atoms with Crippen LogP contribution < -0.4 is 0 Å². The van der Waals surface area contributed by atoms with Gasteiger partial charge < -0.3 is 18.2 Å². The minimum atomic E-state index is -2.59. The summed E-state index contributed by atoms with van der Waals surface area (Å²) in [4.78, 5) is 6.93. The third-order valence-electron chi connectivity index (χ3n) is 2.82. The monoisotopic (exact) mass is 274 g/mol. The Bertz CT molecular complexity index is 257. The highest BCUT2D eigenvalue weighted by molar-refractivity contribution is 6.61. The zero-order valence-electron chi connectivity index (χ0n) is 12.1. The highest BCUT2D eigenvalue weighted by atomic mass is 28.4. The van der Waals surface area contributed by atoms with Gasteiger partial charge in [0, 0.05) is 38.6 Å². The Hall–Kier alpha value is -0.273. The molecule has 0 aromatic rings. The number of aliphatic imine (C=N–C) groups is 1. The van der Waals surface area contributed by atoms with Gasteiger partial charge in [0.05, 0.1) is 0 Å². The van der Waals surface area contributed by atoms with E-state index >= 15 is 0 Å². The molecule has 0 unspecified atom stereocenters. The molecular formula is C12H26N2O3Si. The lowest BCUT2D eigenvalue weighted by Gasteiger charge is -2.27. The smallest absolute Gasteiger partial charge is 0.373 e. The molecule has 0 aliphatic carbocycles. The summed E-state index contributed by atoms with van der Waals surface area (Å²) in [5.41, 5.74) is 1.23. The van der Waals surface area contributed by atoms with E-state index in [9.17, 15) is 0 Å². The van der Waals surface area contributed by atoms with Crippen LogP contribution in [0.15, 0.2) is 4.99 Å². The van der Waals surface area contributed by atoms with Gasteiger partial charge in [-0.05, 0) is 34.2 Å². The summed E-state index contributed by atoms with van der Waals surface area (Å²) in [7, 11) is -0.479. The van der Waals surface area contributed by atoms with Crippen LogP contribution in [0, 0.1) is 0 Å². The molecule has 18 heavy (non-hydrogen) atoms. The SMILES string of the molecule is CCO[Si](CN=C1CCN(C)C1)(OCC)OCC. The first-order chi connectivity index (χ1) is 8.65. The lowest BCUT2D eigenvalue weighted by molar-refractivity contribution is 0.0729. The van der Waals surface area contributed by atoms with E-state index in [1.165, 1.54) is 5.71 Å². The topological polar surface area (TPSA) is 43.3 Å². The standard InChI is InChI=1S/C12H26N2O3Si/c1-5-15-18(16-6-2,17-7-3)11-13-12-8-9-14(4)10-12/h5-11H2,1-4H3. The van der Waals surface area contributed by atoms with Crippen molar-refractivity contribution in [1.82, 2.24) is 4.90 Å². The molecule has 0 saturated carbocycles. The first kappa shape index (κ1) is 15.8. The molecule has 6 heteroatoms. The molecule has 0 radical (unpaired) electrons. The van der Waals surface area contributed by atoms with Gasteiger partial charge >= 0.3 is 8.80 Å². The second-order valence-electron chi connectivity index (χ2n) is 4.35. The van der Waals surface area contributed by atoms with E-state index in [0.717, 1.165) is 19.5 Å². The molecule has 1 rings (SSSR count). The molecule has 0 atom stereocenters. The van der Waals surface area contributed by atoms with Crippen molar-refractivity contribution in [3.63, 3.8) is 0 Å². The summed E-state index contributed by atoms with van der Waals surface area (Å²) >= 11 is 0. The quantitative estimate of drug-likeness (QED) is 0.627. The van der Waals surface area contributed by atoms with Gasteiger partial charge in [-0.3, -0.25) is 4.99 Å². The lowest BCUT2D eigenvalue weighted by Crippen LogP contribution is -2.49. The van der Waals surface area contributed by atoms with Crippen molar-refractivity contribution in [3.05, 3.63) is 0 Å². The zero-order chi connectivity index (χ0) is 13.4. The predicted molar refractivity (Wildman–Crippen MR) is 75.0 cm³/mol. The Morgan fingerprint density at radius 3 is 2.06 bits per heavy atom. The molecule has 1 aliphatic heterocycles. The van der Waals surface area contributed by atoms with Crippen LogP contribution in [0.5, 0.6) is 0 Å². The Kier molecular flexibility index (Phi) is 7.02. The maximum Gasteiger partial charge on any atom is 0.523 e. The minimum Gasteiger partial charge on any atom is -0.373 e. The van der Waals surface area contributed by atoms with Crippen molar-refractivity contribution in [1.29, 1.82) is 0 Å². The number of rotatable bonds is 8. The molecule has 106 valence electrons. The lowest BCUT2D eigenvalue weighted by atomic mass is 10.3. The van der Waals surface area contributed by atoms with Crippen molar-refractivity contribution < 1.29 is 13.3 Å². The van der Waals surface area contributed by atoms with Crippen LogP contribution in [0.25, 0.3) is 0 Å². The van der Waals surface area contributed by atoms with Gasteiger partial charge in [0.1, 0.15) is 6.17 Å². The Morgan fingerprint density at radius 1 is 1.11 bits per heavy atom. The Labute approximate surface area is 111 Å². The van der Waals surface area contributed by atoms with Crippen molar-refractivity contribution in [3.8, 4) is 0 Å². The molecule has 0 bridgehead atoms. The molecule has 5 nitrogen and oxygen atoms in total. The summed E-state index contributed by atoms with van der Waals surface area (Å²) < 4.78 is 17.3. The molecule has 0 amide bonds. The summed E-state index contributed by atoms with van der Waals surface area (Å²) in [6, 6.07) is 0. The number of hydrogen-bond donors (Lipinski definition) is 0. The van der Waals surface area contributed by atoms with E-state index in [2.05, 4.69) is 16.9 Å². The van der Waals surface area contributed by atoms with Crippen molar-refractivity contribution in [2.45, 2.75) is 27.2 Å². The third kappa shape index (κ3) is 4.77. The average Bonchev–Trinajstić information content (AvgIpc) is 2.74. The maximum absolute atomic E-state index is 5.77. The van der Waals surface area contributed by atoms with E-state index < -0.39 is 8.80 Å². The van der Waals surface area contributed by atoms with Gasteiger partial charge in [-0.25, -0.2) is 0 Å². The molecule has 1 heterocycles. The third-order valence-corrected chi connectivity index (χ3v) is 5.55. The average molecular weight is 274 g/mol. The second kappa shape index (κ2) is 8.01. The largest absolute Gasteiger partial charge is 0.523 e. The highest BCUT2D eigenvalue weighted by Gasteiger charge is 2.40. The molecule has 0 aromatic heterocycles. The second-order valence-corrected chi connectivity index (χ2v) is 6.90. The molecule has 0 N–H and O–H groups in total. The van der Waals surface area contributed by atoms with Crippen LogP contribution in [0.4, 0.5) is 0 Å². The van der Waals surface area contributed by atoms with E-state index in [4.69, 9.17) is 13.3 Å². The van der Waals surface area contributed by atoms with Crippen LogP contribution in [0.1, 0.15) is 27.2 Å². The zero-order valence-corrected chi connectivity index (χ0v) is 13.1. The number of nitrogens with zero attached hydrogens (tertiary/aromatic N) is 2. The van der Waals surface area contributed by atoms with Gasteiger partial charge in [-0.2, -0.15) is 0 Å². The van der Waals surface area contributed by atoms with Gasteiger partial charge in [0.25, 0.3) is 0 Å². The summed E-state index contributed by atoms with van der Waals surface area (Å²) in [5, 5.41) is 0. The van der Waals surface area contributed by atoms with Gasteiger partial charge in [-0.1, -0.05) is 0 Å². The van der Waals surface area contributed by atoms with Crippen molar-refractivity contribution in [2.75, 3.05) is 46.1 Å². The van der Waals surface area contributed by atoms with Gasteiger partial charge in [0.15, 0.2) is 0 Å². The molecule has 0 spiro atoms. The highest BCUT2D eigenvalue weighted by Crippen LogP contribution is 2.12. The fraction of sp³-hybridized carbons (Fsp3) is 0.917. The first-order valence-electron chi connectivity index (χ1n) is 6.78. The van der Waals surface area contributed by atoms with Gasteiger partial charge in [-0.15, -0.1) is 0 Å². The van der Waals surface area contributed by atoms with Crippen LogP contribution in [0.3, 0.4) is 0 Å². The van der Waals surface area contributed by atoms with Crippen LogP contribution in [-0.4, -0.2) is 65.5 Å². The first-order valence-corrected chi connectivity index (χ1v) is 8.71. The van der Waals surface area contributed by atoms with Crippen molar-refractivity contribution >= 4 is 14.5 Å². The fourth-order valence-corrected chi connectivity index (χ4v) is 4.31. The minimum absolute atomic E-state index is 0.547. The van der Waals surface area contributed by atoms with E-state index in [1.54, 1.807) is 0 Å². The molecular weight excluding hydrogens is 248 g/mol. The van der Waals surface area contributed by atoms with Crippen LogP contribution in [0.2, 0.25) is 0 Å². The van der Waals surface area contributed by atoms with Crippen LogP contribution in [-0.2, 0) is 13.3 Å². The van der Waals surface area contributed by atoms with E-state index in [1.807, 2.05) is 20.8 Å². The fourth-order valence-electron chi connectivity index (χ4n) is 2.05. The van der Waals surface area contributed by atoms with Gasteiger partial charge in [0.2, 0.25) is 0 Å². The van der Waals surface area contributed by atoms with Crippen molar-refractivity contribution in [2.24, 2.45) is 4.99 Å². The summed E-state index contributed by atoms with van der Waals surface area (Å²) in [6.45, 7) is 9.77. The van der Waals surface area contributed by atoms with Crippen LogP contribution >= 0.6 is 0 Å². The summed E-state index contributed by atoms with van der Waals surface area (Å²) in [5.74, 6) is 0. The summed E-state index contributed by atoms with van der Waals surface area (Å²) in [6.07, 6.45) is 1.59. The molecule has 1 saturated heterocycles.